The number of halogens is 1. The fourth-order valence-electron chi connectivity index (χ4n) is 3.21. The lowest BCUT2D eigenvalue weighted by Gasteiger charge is -2.07. The summed E-state index contributed by atoms with van der Waals surface area (Å²) in [6.45, 7) is 2.52. The van der Waals surface area contributed by atoms with Crippen LogP contribution in [0.15, 0.2) is 82.7 Å². The van der Waals surface area contributed by atoms with E-state index in [0.717, 1.165) is 16.9 Å². The minimum Gasteiger partial charge on any atom is -0.489 e. The molecule has 0 aliphatic carbocycles. The van der Waals surface area contributed by atoms with Crippen LogP contribution >= 0.6 is 23.4 Å². The molecule has 0 N–H and O–H groups in total. The second-order valence-electron chi connectivity index (χ2n) is 7.62. The molecule has 0 radical (unpaired) electrons. The molecule has 0 bridgehead atoms. The Morgan fingerprint density at radius 2 is 1.71 bits per heavy atom. The van der Waals surface area contributed by atoms with Gasteiger partial charge in [0.05, 0.1) is 22.8 Å². The van der Waals surface area contributed by atoms with Gasteiger partial charge in [-0.2, -0.15) is 0 Å². The molecule has 1 aliphatic heterocycles. The van der Waals surface area contributed by atoms with Crippen LogP contribution in [0.4, 0.5) is 5.69 Å². The van der Waals surface area contributed by atoms with Crippen molar-refractivity contribution in [1.82, 2.24) is 4.90 Å². The largest absolute Gasteiger partial charge is 0.489 e. The fourth-order valence-corrected chi connectivity index (χ4v) is 4.32. The molecule has 8 heteroatoms. The molecule has 0 aromatic heterocycles. The number of carbonyl (C=O) groups is 2. The van der Waals surface area contributed by atoms with Crippen LogP contribution in [0.5, 0.6) is 5.75 Å². The average Bonchev–Trinajstić information content (AvgIpc) is 3.12. The van der Waals surface area contributed by atoms with Gasteiger partial charge in [-0.1, -0.05) is 35.9 Å². The van der Waals surface area contributed by atoms with E-state index in [1.807, 2.05) is 54.6 Å². The molecule has 0 unspecified atom stereocenters. The molecule has 1 aliphatic rings. The number of carbonyl (C=O) groups excluding carboxylic acids is 2. The van der Waals surface area contributed by atoms with Crippen LogP contribution in [0.2, 0.25) is 5.02 Å². The highest BCUT2D eigenvalue weighted by Crippen LogP contribution is 2.33. The van der Waals surface area contributed by atoms with Crippen LogP contribution in [-0.4, -0.2) is 35.6 Å². The molecule has 4 rings (SSSR count). The van der Waals surface area contributed by atoms with Crippen molar-refractivity contribution in [3.63, 3.8) is 0 Å². The van der Waals surface area contributed by atoms with Crippen molar-refractivity contribution >= 4 is 52.2 Å². The van der Waals surface area contributed by atoms with Gasteiger partial charge in [0.1, 0.15) is 12.4 Å². The summed E-state index contributed by atoms with van der Waals surface area (Å²) >= 11 is 7.21. The van der Waals surface area contributed by atoms with E-state index in [1.54, 1.807) is 38.2 Å². The standard InChI is InChI=1S/C27H23ClN2O4S/c1-3-33-26(32)20-8-12-22(13-9-20)29-27-30(2)25(31)24(35-27)16-18-6-14-23(15-7-18)34-17-19-4-10-21(28)11-5-19/h4-16H,3,17H2,1-2H3/b24-16+,29-27?. The number of nitrogens with zero attached hydrogens (tertiary/aromatic N) is 2. The Morgan fingerprint density at radius 3 is 2.37 bits per heavy atom. The van der Waals surface area contributed by atoms with Crippen LogP contribution in [0.25, 0.3) is 6.08 Å². The third kappa shape index (κ3) is 6.32. The van der Waals surface area contributed by atoms with E-state index in [9.17, 15) is 9.59 Å². The summed E-state index contributed by atoms with van der Waals surface area (Å²) in [7, 11) is 1.69. The summed E-state index contributed by atoms with van der Waals surface area (Å²) < 4.78 is 10.8. The fraction of sp³-hybridized carbons (Fsp3) is 0.148. The Morgan fingerprint density at radius 1 is 1.03 bits per heavy atom. The number of amides is 1. The topological polar surface area (TPSA) is 68.2 Å². The van der Waals surface area contributed by atoms with Crippen LogP contribution in [-0.2, 0) is 16.1 Å². The number of ether oxygens (including phenoxy) is 2. The van der Waals surface area contributed by atoms with Crippen LogP contribution < -0.4 is 4.74 Å². The zero-order valence-corrected chi connectivity index (χ0v) is 20.8. The molecule has 1 fully saturated rings. The summed E-state index contributed by atoms with van der Waals surface area (Å²) in [6.07, 6.45) is 1.83. The molecule has 1 amide bonds. The number of rotatable bonds is 7. The van der Waals surface area contributed by atoms with E-state index >= 15 is 0 Å². The van der Waals surface area contributed by atoms with Crippen molar-refractivity contribution in [3.8, 4) is 5.75 Å². The highest BCUT2D eigenvalue weighted by Gasteiger charge is 2.30. The van der Waals surface area contributed by atoms with E-state index in [0.29, 0.717) is 39.6 Å². The van der Waals surface area contributed by atoms with E-state index in [1.165, 1.54) is 16.7 Å². The number of aliphatic imine (C=N–C) groups is 1. The highest BCUT2D eigenvalue weighted by molar-refractivity contribution is 8.18. The van der Waals surface area contributed by atoms with Crippen molar-refractivity contribution in [3.05, 3.63) is 99.4 Å². The van der Waals surface area contributed by atoms with Gasteiger partial charge in [-0.05, 0) is 84.4 Å². The van der Waals surface area contributed by atoms with Crippen LogP contribution in [0, 0.1) is 0 Å². The molecule has 0 spiro atoms. The highest BCUT2D eigenvalue weighted by atomic mass is 35.5. The lowest BCUT2D eigenvalue weighted by molar-refractivity contribution is -0.121. The summed E-state index contributed by atoms with van der Waals surface area (Å²) in [5.74, 6) is 0.235. The van der Waals surface area contributed by atoms with Crippen molar-refractivity contribution in [2.24, 2.45) is 4.99 Å². The quantitative estimate of drug-likeness (QED) is 0.276. The summed E-state index contributed by atoms with van der Waals surface area (Å²) in [5, 5.41) is 1.25. The molecule has 35 heavy (non-hydrogen) atoms. The Hall–Kier alpha value is -3.55. The van der Waals surface area contributed by atoms with Gasteiger partial charge in [0.2, 0.25) is 0 Å². The molecule has 0 atom stereocenters. The third-order valence-electron chi connectivity index (χ3n) is 5.10. The molecule has 6 nitrogen and oxygen atoms in total. The normalized spacial score (nSPS) is 15.6. The molecular weight excluding hydrogens is 484 g/mol. The maximum absolute atomic E-state index is 12.7. The number of amidine groups is 1. The van der Waals surface area contributed by atoms with E-state index < -0.39 is 0 Å². The Kier molecular flexibility index (Phi) is 7.90. The van der Waals surface area contributed by atoms with Gasteiger partial charge in [0, 0.05) is 12.1 Å². The van der Waals surface area contributed by atoms with Gasteiger partial charge < -0.3 is 9.47 Å². The maximum atomic E-state index is 12.7. The van der Waals surface area contributed by atoms with Gasteiger partial charge >= 0.3 is 5.97 Å². The third-order valence-corrected chi connectivity index (χ3v) is 6.42. The average molecular weight is 507 g/mol. The Bertz CT molecular complexity index is 1270. The van der Waals surface area contributed by atoms with E-state index in [4.69, 9.17) is 21.1 Å². The van der Waals surface area contributed by atoms with Gasteiger partial charge in [0.15, 0.2) is 5.17 Å². The van der Waals surface area contributed by atoms with Gasteiger partial charge in [-0.25, -0.2) is 9.79 Å². The first-order valence-corrected chi connectivity index (χ1v) is 12.1. The molecule has 3 aromatic carbocycles. The SMILES string of the molecule is CCOC(=O)c1ccc(N=C2S/C(=C/c3ccc(OCc4ccc(Cl)cc4)cc3)C(=O)N2C)cc1. The molecule has 0 saturated carbocycles. The molecular formula is C27H23ClN2O4S. The van der Waals surface area contributed by atoms with E-state index in [2.05, 4.69) is 4.99 Å². The predicted octanol–water partition coefficient (Wildman–Crippen LogP) is 6.33. The Balaban J connectivity index is 1.41. The maximum Gasteiger partial charge on any atom is 0.338 e. The van der Waals surface area contributed by atoms with Gasteiger partial charge in [-0.15, -0.1) is 0 Å². The first-order valence-electron chi connectivity index (χ1n) is 10.9. The molecule has 178 valence electrons. The number of hydrogen-bond donors (Lipinski definition) is 0. The second-order valence-corrected chi connectivity index (χ2v) is 9.07. The second kappa shape index (κ2) is 11.3. The summed E-state index contributed by atoms with van der Waals surface area (Å²) in [5.41, 5.74) is 3.01. The lowest BCUT2D eigenvalue weighted by Crippen LogP contribution is -2.23. The zero-order chi connectivity index (χ0) is 24.8. The monoisotopic (exact) mass is 506 g/mol. The van der Waals surface area contributed by atoms with Gasteiger partial charge in [0.25, 0.3) is 5.91 Å². The number of likely N-dealkylation sites (N-methyl/N-ethyl adjacent to an activating group) is 1. The minimum absolute atomic E-state index is 0.125. The number of thioether (sulfide) groups is 1. The van der Waals surface area contributed by atoms with Crippen LogP contribution in [0.3, 0.4) is 0 Å². The van der Waals surface area contributed by atoms with Crippen molar-refractivity contribution in [2.75, 3.05) is 13.7 Å². The van der Waals surface area contributed by atoms with Crippen LogP contribution in [0.1, 0.15) is 28.4 Å². The van der Waals surface area contributed by atoms with Crippen molar-refractivity contribution in [1.29, 1.82) is 0 Å². The summed E-state index contributed by atoms with van der Waals surface area (Å²) in [6, 6.07) is 21.8. The first-order chi connectivity index (χ1) is 16.9. The molecule has 3 aromatic rings. The lowest BCUT2D eigenvalue weighted by atomic mass is 10.2. The molecule has 1 heterocycles. The Labute approximate surface area is 213 Å². The molecule has 1 saturated heterocycles. The smallest absolute Gasteiger partial charge is 0.338 e. The predicted molar refractivity (Wildman–Crippen MR) is 140 cm³/mol. The number of benzene rings is 3. The number of hydrogen-bond acceptors (Lipinski definition) is 6. The minimum atomic E-state index is -0.374. The van der Waals surface area contributed by atoms with Gasteiger partial charge in [-0.3, -0.25) is 9.69 Å². The summed E-state index contributed by atoms with van der Waals surface area (Å²) in [4.78, 5) is 31.2. The van der Waals surface area contributed by atoms with E-state index in [-0.39, 0.29) is 11.9 Å². The van der Waals surface area contributed by atoms with Crippen molar-refractivity contribution in [2.45, 2.75) is 13.5 Å². The van der Waals surface area contributed by atoms with Crippen molar-refractivity contribution < 1.29 is 19.1 Å². The first kappa shape index (κ1) is 24.6. The number of esters is 1. The zero-order valence-electron chi connectivity index (χ0n) is 19.2.